The van der Waals surface area contributed by atoms with Crippen LogP contribution in [0, 0.1) is 5.41 Å². The van der Waals surface area contributed by atoms with Crippen molar-refractivity contribution >= 4 is 21.4 Å². The van der Waals surface area contributed by atoms with Crippen LogP contribution in [0.5, 0.6) is 5.75 Å². The predicted molar refractivity (Wildman–Crippen MR) is 96.4 cm³/mol. The van der Waals surface area contributed by atoms with Crippen molar-refractivity contribution in [3.05, 3.63) is 47.3 Å². The quantitative estimate of drug-likeness (QED) is 0.818. The highest BCUT2D eigenvalue weighted by Crippen LogP contribution is 2.57. The smallest absolute Gasteiger partial charge is 0.256 e. The van der Waals surface area contributed by atoms with Crippen LogP contribution in [-0.4, -0.2) is 39.6 Å². The number of hydrogen-bond donors (Lipinski definition) is 0. The molecular formula is C18H21NO4S2. The van der Waals surface area contributed by atoms with Crippen molar-refractivity contribution in [3.8, 4) is 5.75 Å². The molecule has 1 aromatic carbocycles. The molecule has 1 aromatic heterocycles. The highest BCUT2D eigenvalue weighted by atomic mass is 32.2. The Balaban J connectivity index is 1.74. The zero-order valence-corrected chi connectivity index (χ0v) is 15.7. The molecule has 2 saturated heterocycles. The van der Waals surface area contributed by atoms with Crippen LogP contribution in [0.4, 0.5) is 0 Å². The maximum Gasteiger partial charge on any atom is 0.256 e. The van der Waals surface area contributed by atoms with Gasteiger partial charge in [0, 0.05) is 25.2 Å². The molecule has 0 saturated carbocycles. The van der Waals surface area contributed by atoms with E-state index in [9.17, 15) is 8.42 Å². The molecule has 1 spiro atoms. The summed E-state index contributed by atoms with van der Waals surface area (Å²) >= 11 is 1.21. The van der Waals surface area contributed by atoms with Gasteiger partial charge < -0.3 is 9.47 Å². The highest BCUT2D eigenvalue weighted by Gasteiger charge is 2.58. The number of ether oxygens (including phenoxy) is 2. The van der Waals surface area contributed by atoms with E-state index in [0.29, 0.717) is 25.5 Å². The maximum absolute atomic E-state index is 13.3. The molecule has 7 heteroatoms. The van der Waals surface area contributed by atoms with E-state index >= 15 is 0 Å². The Kier molecular flexibility index (Phi) is 4.35. The number of rotatable bonds is 4. The first-order chi connectivity index (χ1) is 12.1. The molecule has 25 heavy (non-hydrogen) atoms. The number of thiophene rings is 1. The minimum Gasteiger partial charge on any atom is -0.494 e. The van der Waals surface area contributed by atoms with Crippen molar-refractivity contribution in [2.45, 2.75) is 23.1 Å². The van der Waals surface area contributed by atoms with Crippen molar-refractivity contribution in [2.24, 2.45) is 5.41 Å². The SMILES string of the molecule is COc1ccsc1S(=O)(=O)N1CC2(CCOCC2)C1c1ccccc1. The van der Waals surface area contributed by atoms with Gasteiger partial charge in [0.05, 0.1) is 13.2 Å². The van der Waals surface area contributed by atoms with Crippen LogP contribution in [0.2, 0.25) is 0 Å². The monoisotopic (exact) mass is 379 g/mol. The van der Waals surface area contributed by atoms with Crippen LogP contribution in [0.25, 0.3) is 0 Å². The lowest BCUT2D eigenvalue weighted by atomic mass is 9.65. The van der Waals surface area contributed by atoms with Gasteiger partial charge in [-0.3, -0.25) is 0 Å². The third kappa shape index (κ3) is 2.70. The third-order valence-electron chi connectivity index (χ3n) is 5.30. The number of hydrogen-bond acceptors (Lipinski definition) is 5. The molecule has 0 radical (unpaired) electrons. The summed E-state index contributed by atoms with van der Waals surface area (Å²) in [5.41, 5.74) is 1.02. The molecule has 0 aliphatic carbocycles. The fraction of sp³-hybridized carbons (Fsp3) is 0.444. The number of sulfonamides is 1. The molecule has 0 N–H and O–H groups in total. The summed E-state index contributed by atoms with van der Waals surface area (Å²) in [6.45, 7) is 1.93. The molecule has 4 rings (SSSR count). The summed E-state index contributed by atoms with van der Waals surface area (Å²) in [4.78, 5) is 0. The summed E-state index contributed by atoms with van der Waals surface area (Å²) in [5, 5.41) is 1.76. The van der Waals surface area contributed by atoms with Gasteiger partial charge in [0.15, 0.2) is 4.21 Å². The molecule has 2 aliphatic rings. The van der Waals surface area contributed by atoms with Gasteiger partial charge in [0.1, 0.15) is 5.75 Å². The lowest BCUT2D eigenvalue weighted by Crippen LogP contribution is -2.61. The molecule has 134 valence electrons. The van der Waals surface area contributed by atoms with E-state index in [4.69, 9.17) is 9.47 Å². The minimum atomic E-state index is -3.59. The van der Waals surface area contributed by atoms with Crippen LogP contribution in [0.15, 0.2) is 46.0 Å². The van der Waals surface area contributed by atoms with Crippen molar-refractivity contribution in [1.29, 1.82) is 0 Å². The molecule has 2 aromatic rings. The van der Waals surface area contributed by atoms with E-state index in [1.54, 1.807) is 15.8 Å². The average Bonchev–Trinajstić information content (AvgIpc) is 3.11. The molecule has 0 amide bonds. The van der Waals surface area contributed by atoms with Gasteiger partial charge in [-0.15, -0.1) is 11.3 Å². The Morgan fingerprint density at radius 2 is 1.92 bits per heavy atom. The van der Waals surface area contributed by atoms with Crippen LogP contribution >= 0.6 is 11.3 Å². The number of nitrogens with zero attached hydrogens (tertiary/aromatic N) is 1. The Bertz CT molecular complexity index is 841. The van der Waals surface area contributed by atoms with Gasteiger partial charge in [-0.05, 0) is 29.9 Å². The number of methoxy groups -OCH3 is 1. The molecule has 3 heterocycles. The summed E-state index contributed by atoms with van der Waals surface area (Å²) < 4.78 is 39.3. The van der Waals surface area contributed by atoms with Crippen molar-refractivity contribution in [2.75, 3.05) is 26.9 Å². The molecule has 1 atom stereocenters. The first-order valence-corrected chi connectivity index (χ1v) is 10.7. The minimum absolute atomic E-state index is 0.0306. The topological polar surface area (TPSA) is 55.8 Å². The molecule has 5 nitrogen and oxygen atoms in total. The van der Waals surface area contributed by atoms with E-state index in [1.165, 1.54) is 18.4 Å². The van der Waals surface area contributed by atoms with E-state index in [-0.39, 0.29) is 15.7 Å². The molecular weight excluding hydrogens is 358 g/mol. The van der Waals surface area contributed by atoms with Gasteiger partial charge in [-0.2, -0.15) is 4.31 Å². The second-order valence-electron chi connectivity index (χ2n) is 6.61. The Morgan fingerprint density at radius 3 is 2.60 bits per heavy atom. The fourth-order valence-corrected chi connectivity index (χ4v) is 7.19. The zero-order valence-electron chi connectivity index (χ0n) is 14.1. The standard InChI is InChI=1S/C18H21NO4S2/c1-22-15-7-12-24-17(15)25(20,21)19-13-18(8-10-23-11-9-18)16(19)14-5-3-2-4-6-14/h2-7,12,16H,8-11,13H2,1H3. The molecule has 0 bridgehead atoms. The zero-order chi connectivity index (χ0) is 17.5. The van der Waals surface area contributed by atoms with Gasteiger partial charge in [-0.1, -0.05) is 30.3 Å². The van der Waals surface area contributed by atoms with Gasteiger partial charge in [-0.25, -0.2) is 8.42 Å². The normalized spacial score (nSPS) is 23.3. The van der Waals surface area contributed by atoms with E-state index in [2.05, 4.69) is 0 Å². The van der Waals surface area contributed by atoms with E-state index in [1.807, 2.05) is 30.3 Å². The van der Waals surface area contributed by atoms with Gasteiger partial charge >= 0.3 is 0 Å². The first-order valence-electron chi connectivity index (χ1n) is 8.34. The fourth-order valence-electron chi connectivity index (χ4n) is 4.00. The molecule has 2 fully saturated rings. The van der Waals surface area contributed by atoms with Crippen LogP contribution < -0.4 is 4.74 Å². The summed E-state index contributed by atoms with van der Waals surface area (Å²) in [6, 6.07) is 11.5. The molecule has 2 aliphatic heterocycles. The first kappa shape index (κ1) is 17.0. The Morgan fingerprint density at radius 1 is 1.20 bits per heavy atom. The Hall–Kier alpha value is -1.41. The lowest BCUT2D eigenvalue weighted by molar-refractivity contribution is -0.0952. The van der Waals surface area contributed by atoms with Crippen LogP contribution in [0.1, 0.15) is 24.4 Å². The third-order valence-corrected chi connectivity index (χ3v) is 8.54. The lowest BCUT2D eigenvalue weighted by Gasteiger charge is -2.58. The van der Waals surface area contributed by atoms with Crippen molar-refractivity contribution in [1.82, 2.24) is 4.31 Å². The van der Waals surface area contributed by atoms with Gasteiger partial charge in [0.2, 0.25) is 0 Å². The van der Waals surface area contributed by atoms with E-state index in [0.717, 1.165) is 18.4 Å². The van der Waals surface area contributed by atoms with Crippen LogP contribution in [0.3, 0.4) is 0 Å². The highest BCUT2D eigenvalue weighted by molar-refractivity contribution is 7.91. The summed E-state index contributed by atoms with van der Waals surface area (Å²) in [6.07, 6.45) is 1.78. The second-order valence-corrected chi connectivity index (χ2v) is 9.62. The Labute approximate surface area is 152 Å². The predicted octanol–water partition coefficient (Wildman–Crippen LogP) is 3.30. The van der Waals surface area contributed by atoms with Crippen molar-refractivity contribution in [3.63, 3.8) is 0 Å². The largest absolute Gasteiger partial charge is 0.494 e. The second kappa shape index (κ2) is 6.39. The number of benzene rings is 1. The van der Waals surface area contributed by atoms with Gasteiger partial charge in [0.25, 0.3) is 10.0 Å². The maximum atomic E-state index is 13.3. The van der Waals surface area contributed by atoms with Crippen molar-refractivity contribution < 1.29 is 17.9 Å². The average molecular weight is 380 g/mol. The molecule has 1 unspecified atom stereocenters. The van der Waals surface area contributed by atoms with Crippen LogP contribution in [-0.2, 0) is 14.8 Å². The summed E-state index contributed by atoms with van der Waals surface area (Å²) in [7, 11) is -2.08. The van der Waals surface area contributed by atoms with E-state index < -0.39 is 10.0 Å². The summed E-state index contributed by atoms with van der Waals surface area (Å²) in [5.74, 6) is 0.421.